The van der Waals surface area contributed by atoms with Gasteiger partial charge in [-0.2, -0.15) is 0 Å². The predicted octanol–water partition coefficient (Wildman–Crippen LogP) is 5.07. The smallest absolute Gasteiger partial charge is 0.122 e. The molecule has 0 aromatic heterocycles. The number of hydrogen-bond donors (Lipinski definition) is 0. The molecule has 0 amide bonds. The molecule has 2 aromatic carbocycles. The molecule has 100 valence electrons. The van der Waals surface area contributed by atoms with E-state index in [1.54, 1.807) is 7.11 Å². The van der Waals surface area contributed by atoms with Crippen molar-refractivity contribution in [1.82, 2.24) is 0 Å². The van der Waals surface area contributed by atoms with Crippen molar-refractivity contribution in [2.45, 2.75) is 12.3 Å². The van der Waals surface area contributed by atoms with Gasteiger partial charge in [0.05, 0.1) is 7.11 Å². The molecule has 0 N–H and O–H groups in total. The molecule has 0 fully saturated rings. The summed E-state index contributed by atoms with van der Waals surface area (Å²) in [4.78, 5) is 0. The van der Waals surface area contributed by atoms with Gasteiger partial charge in [0, 0.05) is 10.4 Å². The Hall–Kier alpha value is -0.990. The molecular formula is C16H16BrClO. The van der Waals surface area contributed by atoms with Gasteiger partial charge in [-0.05, 0) is 41.7 Å². The lowest BCUT2D eigenvalue weighted by atomic mass is 9.93. The Labute approximate surface area is 127 Å². The highest BCUT2D eigenvalue weighted by molar-refractivity contribution is 9.09. The Bertz CT molecular complexity index is 542. The van der Waals surface area contributed by atoms with Gasteiger partial charge in [0.2, 0.25) is 0 Å². The highest BCUT2D eigenvalue weighted by Crippen LogP contribution is 2.29. The van der Waals surface area contributed by atoms with Gasteiger partial charge < -0.3 is 4.74 Å². The second kappa shape index (κ2) is 6.97. The summed E-state index contributed by atoms with van der Waals surface area (Å²) >= 11 is 9.66. The predicted molar refractivity (Wildman–Crippen MR) is 84.7 cm³/mol. The van der Waals surface area contributed by atoms with Gasteiger partial charge in [-0.3, -0.25) is 0 Å². The molecule has 19 heavy (non-hydrogen) atoms. The first-order valence-corrected chi connectivity index (χ1v) is 7.68. The second-order valence-corrected chi connectivity index (χ2v) is 5.51. The zero-order valence-corrected chi connectivity index (χ0v) is 13.1. The number of alkyl halides is 1. The van der Waals surface area contributed by atoms with Crippen LogP contribution in [-0.4, -0.2) is 12.4 Å². The topological polar surface area (TPSA) is 9.23 Å². The molecule has 0 heterocycles. The van der Waals surface area contributed by atoms with Crippen LogP contribution in [-0.2, 0) is 6.42 Å². The molecule has 0 saturated carbocycles. The fourth-order valence-corrected chi connectivity index (χ4v) is 2.96. The van der Waals surface area contributed by atoms with Crippen LogP contribution < -0.4 is 4.74 Å². The number of hydrogen-bond acceptors (Lipinski definition) is 1. The molecule has 0 spiro atoms. The van der Waals surface area contributed by atoms with Gasteiger partial charge in [-0.1, -0.05) is 57.9 Å². The molecule has 0 aliphatic heterocycles. The van der Waals surface area contributed by atoms with E-state index in [9.17, 15) is 0 Å². The first kappa shape index (κ1) is 14.4. The van der Waals surface area contributed by atoms with E-state index in [1.165, 1.54) is 11.1 Å². The summed E-state index contributed by atoms with van der Waals surface area (Å²) in [6, 6.07) is 16.2. The Kier molecular flexibility index (Phi) is 5.29. The summed E-state index contributed by atoms with van der Waals surface area (Å²) in [6.07, 6.45) is 0.926. The van der Waals surface area contributed by atoms with Crippen molar-refractivity contribution in [2.24, 2.45) is 0 Å². The van der Waals surface area contributed by atoms with Gasteiger partial charge in [-0.15, -0.1) is 0 Å². The molecule has 1 atom stereocenters. The summed E-state index contributed by atoms with van der Waals surface area (Å²) in [6.45, 7) is 0. The molecule has 0 radical (unpaired) electrons. The van der Waals surface area contributed by atoms with Crippen LogP contribution in [0.4, 0.5) is 0 Å². The Morgan fingerprint density at radius 2 is 1.95 bits per heavy atom. The van der Waals surface area contributed by atoms with E-state index in [2.05, 4.69) is 28.1 Å². The largest absolute Gasteiger partial charge is 0.496 e. The van der Waals surface area contributed by atoms with Gasteiger partial charge in [-0.25, -0.2) is 0 Å². The molecule has 0 bridgehead atoms. The lowest BCUT2D eigenvalue weighted by Crippen LogP contribution is -2.05. The summed E-state index contributed by atoms with van der Waals surface area (Å²) in [5, 5.41) is 1.68. The highest BCUT2D eigenvalue weighted by atomic mass is 79.9. The summed E-state index contributed by atoms with van der Waals surface area (Å²) in [5.41, 5.74) is 2.46. The first-order valence-electron chi connectivity index (χ1n) is 6.18. The van der Waals surface area contributed by atoms with E-state index in [-0.39, 0.29) is 0 Å². The summed E-state index contributed by atoms with van der Waals surface area (Å²) < 4.78 is 5.41. The van der Waals surface area contributed by atoms with E-state index < -0.39 is 0 Å². The van der Waals surface area contributed by atoms with Crippen LogP contribution >= 0.6 is 27.5 Å². The second-order valence-electron chi connectivity index (χ2n) is 4.42. The highest BCUT2D eigenvalue weighted by Gasteiger charge is 2.14. The molecule has 3 heteroatoms. The molecule has 2 aromatic rings. The number of methoxy groups -OCH3 is 1. The van der Waals surface area contributed by atoms with Crippen LogP contribution in [0.5, 0.6) is 5.75 Å². The SMILES string of the molecule is COc1ccccc1CC(CBr)c1cccc(Cl)c1. The third kappa shape index (κ3) is 3.74. The quantitative estimate of drug-likeness (QED) is 0.691. The molecule has 0 saturated heterocycles. The zero-order valence-electron chi connectivity index (χ0n) is 10.8. The van der Waals surface area contributed by atoms with Crippen LogP contribution in [0.25, 0.3) is 0 Å². The monoisotopic (exact) mass is 338 g/mol. The molecular weight excluding hydrogens is 324 g/mol. The maximum Gasteiger partial charge on any atom is 0.122 e. The fourth-order valence-electron chi connectivity index (χ4n) is 2.16. The normalized spacial score (nSPS) is 12.2. The van der Waals surface area contributed by atoms with Crippen molar-refractivity contribution in [2.75, 3.05) is 12.4 Å². The van der Waals surface area contributed by atoms with Crippen molar-refractivity contribution < 1.29 is 4.74 Å². The number of ether oxygens (including phenoxy) is 1. The van der Waals surface area contributed by atoms with E-state index in [1.807, 2.05) is 36.4 Å². The Morgan fingerprint density at radius 1 is 1.16 bits per heavy atom. The van der Waals surface area contributed by atoms with Crippen molar-refractivity contribution >= 4 is 27.5 Å². The average molecular weight is 340 g/mol. The number of rotatable bonds is 5. The van der Waals surface area contributed by atoms with E-state index >= 15 is 0 Å². The first-order chi connectivity index (χ1) is 9.24. The van der Waals surface area contributed by atoms with Gasteiger partial charge >= 0.3 is 0 Å². The minimum absolute atomic E-state index is 0.384. The minimum Gasteiger partial charge on any atom is -0.496 e. The minimum atomic E-state index is 0.384. The van der Waals surface area contributed by atoms with Gasteiger partial charge in [0.15, 0.2) is 0 Å². The van der Waals surface area contributed by atoms with Gasteiger partial charge in [0.25, 0.3) is 0 Å². The maximum atomic E-state index is 6.07. The van der Waals surface area contributed by atoms with Crippen molar-refractivity contribution in [1.29, 1.82) is 0 Å². The van der Waals surface area contributed by atoms with Crippen LogP contribution in [0.2, 0.25) is 5.02 Å². The summed E-state index contributed by atoms with van der Waals surface area (Å²) in [7, 11) is 1.71. The lowest BCUT2D eigenvalue weighted by Gasteiger charge is -2.17. The third-order valence-electron chi connectivity index (χ3n) is 3.17. The van der Waals surface area contributed by atoms with Gasteiger partial charge in [0.1, 0.15) is 5.75 Å². The number of para-hydroxylation sites is 1. The standard InChI is InChI=1S/C16H16BrClO/c1-19-16-8-3-2-5-13(16)9-14(11-17)12-6-4-7-15(18)10-12/h2-8,10,14H,9,11H2,1H3. The van der Waals surface area contributed by atoms with E-state index in [0.29, 0.717) is 5.92 Å². The van der Waals surface area contributed by atoms with Crippen LogP contribution in [0.15, 0.2) is 48.5 Å². The lowest BCUT2D eigenvalue weighted by molar-refractivity contribution is 0.408. The van der Waals surface area contributed by atoms with Crippen molar-refractivity contribution in [3.8, 4) is 5.75 Å². The molecule has 1 nitrogen and oxygen atoms in total. The third-order valence-corrected chi connectivity index (χ3v) is 4.18. The fraction of sp³-hybridized carbons (Fsp3) is 0.250. The van der Waals surface area contributed by atoms with Crippen molar-refractivity contribution in [3.63, 3.8) is 0 Å². The molecule has 2 rings (SSSR count). The number of halogens is 2. The number of benzene rings is 2. The molecule has 0 aliphatic rings. The van der Waals surface area contributed by atoms with E-state index in [0.717, 1.165) is 22.5 Å². The van der Waals surface area contributed by atoms with Crippen LogP contribution in [0.3, 0.4) is 0 Å². The summed E-state index contributed by atoms with van der Waals surface area (Å²) in [5.74, 6) is 1.32. The zero-order chi connectivity index (χ0) is 13.7. The Balaban J connectivity index is 2.24. The molecule has 0 aliphatic carbocycles. The van der Waals surface area contributed by atoms with Crippen LogP contribution in [0.1, 0.15) is 17.0 Å². The van der Waals surface area contributed by atoms with Crippen molar-refractivity contribution in [3.05, 3.63) is 64.7 Å². The average Bonchev–Trinajstić information content (AvgIpc) is 2.45. The Morgan fingerprint density at radius 3 is 2.63 bits per heavy atom. The van der Waals surface area contributed by atoms with Crippen LogP contribution in [0, 0.1) is 0 Å². The maximum absolute atomic E-state index is 6.07. The van der Waals surface area contributed by atoms with E-state index in [4.69, 9.17) is 16.3 Å². The molecule has 1 unspecified atom stereocenters.